The molecule has 20 heavy (non-hydrogen) atoms. The van der Waals surface area contributed by atoms with Crippen LogP contribution in [0, 0.1) is 0 Å². The van der Waals surface area contributed by atoms with Gasteiger partial charge in [-0.05, 0) is 30.3 Å². The number of ether oxygens (including phenoxy) is 1. The number of nitrogens with one attached hydrogen (secondary N) is 1. The van der Waals surface area contributed by atoms with Gasteiger partial charge in [0.05, 0.1) is 12.7 Å². The van der Waals surface area contributed by atoms with Gasteiger partial charge in [-0.1, -0.05) is 35.3 Å². The van der Waals surface area contributed by atoms with E-state index in [0.29, 0.717) is 22.2 Å². The maximum absolute atomic E-state index is 11.5. The van der Waals surface area contributed by atoms with Crippen LogP contribution in [0.1, 0.15) is 15.9 Å². The average Bonchev–Trinajstić information content (AvgIpc) is 2.46. The first kappa shape index (κ1) is 14.7. The van der Waals surface area contributed by atoms with E-state index < -0.39 is 0 Å². The SMILES string of the molecule is COC(=O)c1cccc(NCc2c(Cl)cccc2Cl)c1. The summed E-state index contributed by atoms with van der Waals surface area (Å²) in [5.74, 6) is -0.371. The molecule has 2 aromatic rings. The molecular weight excluding hydrogens is 297 g/mol. The van der Waals surface area contributed by atoms with E-state index in [1.54, 1.807) is 36.4 Å². The van der Waals surface area contributed by atoms with Crippen molar-refractivity contribution < 1.29 is 9.53 Å². The number of carbonyl (C=O) groups excluding carboxylic acids is 1. The van der Waals surface area contributed by atoms with Gasteiger partial charge in [-0.3, -0.25) is 0 Å². The van der Waals surface area contributed by atoms with Crippen LogP contribution < -0.4 is 5.32 Å². The Kier molecular flexibility index (Phi) is 4.88. The highest BCUT2D eigenvalue weighted by atomic mass is 35.5. The number of halogens is 2. The predicted molar refractivity (Wildman–Crippen MR) is 81.6 cm³/mol. The summed E-state index contributed by atoms with van der Waals surface area (Å²) in [6, 6.07) is 12.4. The van der Waals surface area contributed by atoms with E-state index in [-0.39, 0.29) is 5.97 Å². The number of methoxy groups -OCH3 is 1. The zero-order chi connectivity index (χ0) is 14.5. The topological polar surface area (TPSA) is 38.3 Å². The van der Waals surface area contributed by atoms with Crippen LogP contribution in [0.15, 0.2) is 42.5 Å². The Morgan fingerprint density at radius 3 is 2.45 bits per heavy atom. The van der Waals surface area contributed by atoms with Crippen molar-refractivity contribution in [3.8, 4) is 0 Å². The molecule has 0 aliphatic rings. The Bertz CT molecular complexity index is 609. The summed E-state index contributed by atoms with van der Waals surface area (Å²) in [4.78, 5) is 11.5. The molecule has 0 aliphatic carbocycles. The van der Waals surface area contributed by atoms with Crippen molar-refractivity contribution in [2.24, 2.45) is 0 Å². The Balaban J connectivity index is 2.13. The molecule has 1 N–H and O–H groups in total. The average molecular weight is 310 g/mol. The van der Waals surface area contributed by atoms with Gasteiger partial charge in [0, 0.05) is 27.8 Å². The van der Waals surface area contributed by atoms with Crippen molar-refractivity contribution in [2.45, 2.75) is 6.54 Å². The summed E-state index contributed by atoms with van der Waals surface area (Å²) in [5, 5.41) is 4.40. The normalized spacial score (nSPS) is 10.2. The second kappa shape index (κ2) is 6.64. The molecule has 0 amide bonds. The fourth-order valence-electron chi connectivity index (χ4n) is 1.77. The third kappa shape index (κ3) is 3.44. The smallest absolute Gasteiger partial charge is 0.337 e. The maximum Gasteiger partial charge on any atom is 0.337 e. The first-order valence-corrected chi connectivity index (χ1v) is 6.72. The Hall–Kier alpha value is -1.71. The lowest BCUT2D eigenvalue weighted by Gasteiger charge is -2.10. The van der Waals surface area contributed by atoms with Gasteiger partial charge in [-0.2, -0.15) is 0 Å². The van der Waals surface area contributed by atoms with Crippen LogP contribution in [-0.2, 0) is 11.3 Å². The van der Waals surface area contributed by atoms with E-state index in [4.69, 9.17) is 23.2 Å². The summed E-state index contributed by atoms with van der Waals surface area (Å²) in [6.07, 6.45) is 0. The minimum absolute atomic E-state index is 0.371. The first-order valence-electron chi connectivity index (χ1n) is 5.97. The molecular formula is C15H13Cl2NO2. The van der Waals surface area contributed by atoms with Gasteiger partial charge >= 0.3 is 5.97 Å². The Morgan fingerprint density at radius 2 is 1.80 bits per heavy atom. The van der Waals surface area contributed by atoms with Crippen LogP contribution in [0.4, 0.5) is 5.69 Å². The van der Waals surface area contributed by atoms with E-state index in [0.717, 1.165) is 11.3 Å². The molecule has 0 saturated carbocycles. The van der Waals surface area contributed by atoms with Crippen LogP contribution in [0.5, 0.6) is 0 Å². The van der Waals surface area contributed by atoms with Gasteiger partial charge in [-0.15, -0.1) is 0 Å². The van der Waals surface area contributed by atoms with E-state index in [1.165, 1.54) is 7.11 Å². The highest BCUT2D eigenvalue weighted by Gasteiger charge is 2.07. The summed E-state index contributed by atoms with van der Waals surface area (Å²) in [6.45, 7) is 0.475. The lowest BCUT2D eigenvalue weighted by Crippen LogP contribution is -2.04. The third-order valence-electron chi connectivity index (χ3n) is 2.81. The molecule has 5 heteroatoms. The van der Waals surface area contributed by atoms with Crippen LogP contribution >= 0.6 is 23.2 Å². The molecule has 0 heterocycles. The van der Waals surface area contributed by atoms with Gasteiger partial charge in [0.2, 0.25) is 0 Å². The largest absolute Gasteiger partial charge is 0.465 e. The lowest BCUT2D eigenvalue weighted by atomic mass is 10.2. The zero-order valence-electron chi connectivity index (χ0n) is 10.8. The molecule has 2 aromatic carbocycles. The minimum atomic E-state index is -0.371. The number of hydrogen-bond donors (Lipinski definition) is 1. The molecule has 0 aliphatic heterocycles. The summed E-state index contributed by atoms with van der Waals surface area (Å²) in [7, 11) is 1.35. The van der Waals surface area contributed by atoms with Crippen molar-refractivity contribution in [3.63, 3.8) is 0 Å². The summed E-state index contributed by atoms with van der Waals surface area (Å²) >= 11 is 12.2. The van der Waals surface area contributed by atoms with Crippen LogP contribution in [0.2, 0.25) is 10.0 Å². The van der Waals surface area contributed by atoms with Gasteiger partial charge < -0.3 is 10.1 Å². The number of rotatable bonds is 4. The molecule has 0 aromatic heterocycles. The van der Waals surface area contributed by atoms with Crippen molar-refractivity contribution in [3.05, 3.63) is 63.6 Å². The minimum Gasteiger partial charge on any atom is -0.465 e. The molecule has 0 unspecified atom stereocenters. The molecule has 2 rings (SSSR count). The number of esters is 1. The highest BCUT2D eigenvalue weighted by Crippen LogP contribution is 2.25. The quantitative estimate of drug-likeness (QED) is 0.851. The van der Waals surface area contributed by atoms with Crippen molar-refractivity contribution in [1.82, 2.24) is 0 Å². The molecule has 104 valence electrons. The maximum atomic E-state index is 11.5. The van der Waals surface area contributed by atoms with Crippen LogP contribution in [-0.4, -0.2) is 13.1 Å². The Morgan fingerprint density at radius 1 is 1.15 bits per heavy atom. The number of hydrogen-bond acceptors (Lipinski definition) is 3. The molecule has 0 spiro atoms. The van der Waals surface area contributed by atoms with Crippen molar-refractivity contribution in [2.75, 3.05) is 12.4 Å². The number of carbonyl (C=O) groups is 1. The van der Waals surface area contributed by atoms with Crippen molar-refractivity contribution in [1.29, 1.82) is 0 Å². The fourth-order valence-corrected chi connectivity index (χ4v) is 2.30. The predicted octanol–water partition coefficient (Wildman–Crippen LogP) is 4.39. The second-order valence-electron chi connectivity index (χ2n) is 4.13. The zero-order valence-corrected chi connectivity index (χ0v) is 12.3. The molecule has 0 saturated heterocycles. The van der Waals surface area contributed by atoms with Crippen molar-refractivity contribution >= 4 is 34.9 Å². The van der Waals surface area contributed by atoms with Gasteiger partial charge in [0.1, 0.15) is 0 Å². The van der Waals surface area contributed by atoms with Gasteiger partial charge in [0.15, 0.2) is 0 Å². The van der Waals surface area contributed by atoms with Gasteiger partial charge in [0.25, 0.3) is 0 Å². The van der Waals surface area contributed by atoms with Gasteiger partial charge in [-0.25, -0.2) is 4.79 Å². The molecule has 0 bridgehead atoms. The highest BCUT2D eigenvalue weighted by molar-refractivity contribution is 6.36. The standard InChI is InChI=1S/C15H13Cl2NO2/c1-20-15(19)10-4-2-5-11(8-10)18-9-12-13(16)6-3-7-14(12)17/h2-8,18H,9H2,1H3. The molecule has 0 radical (unpaired) electrons. The first-order chi connectivity index (χ1) is 9.61. The fraction of sp³-hybridized carbons (Fsp3) is 0.133. The lowest BCUT2D eigenvalue weighted by molar-refractivity contribution is 0.0601. The number of benzene rings is 2. The molecule has 0 fully saturated rings. The summed E-state index contributed by atoms with van der Waals surface area (Å²) in [5.41, 5.74) is 2.10. The van der Waals surface area contributed by atoms with E-state index in [1.807, 2.05) is 6.07 Å². The number of anilines is 1. The van der Waals surface area contributed by atoms with Crippen LogP contribution in [0.25, 0.3) is 0 Å². The molecule has 0 atom stereocenters. The second-order valence-corrected chi connectivity index (χ2v) is 4.94. The summed E-state index contributed by atoms with van der Waals surface area (Å²) < 4.78 is 4.68. The Labute approximate surface area is 127 Å². The van der Waals surface area contributed by atoms with Crippen LogP contribution in [0.3, 0.4) is 0 Å². The molecule has 3 nitrogen and oxygen atoms in total. The van der Waals surface area contributed by atoms with E-state index >= 15 is 0 Å². The van der Waals surface area contributed by atoms with E-state index in [9.17, 15) is 4.79 Å². The third-order valence-corrected chi connectivity index (χ3v) is 3.52. The monoisotopic (exact) mass is 309 g/mol. The van der Waals surface area contributed by atoms with E-state index in [2.05, 4.69) is 10.1 Å².